The first-order valence-electron chi connectivity index (χ1n) is 6.77. The number of hydrogen-bond acceptors (Lipinski definition) is 3. The SMILES string of the molecule is CCC1(CC)CCNC2(CCN(C)CC2)O1. The second-order valence-electron chi connectivity index (χ2n) is 5.47. The molecule has 3 heteroatoms. The first-order chi connectivity index (χ1) is 7.64. The normalized spacial score (nSPS) is 29.4. The van der Waals surface area contributed by atoms with Crippen molar-refractivity contribution in [3.8, 4) is 0 Å². The van der Waals surface area contributed by atoms with E-state index in [2.05, 4.69) is 31.1 Å². The third-order valence-electron chi connectivity index (χ3n) is 4.52. The molecule has 2 aliphatic rings. The number of likely N-dealkylation sites (tertiary alicyclic amines) is 1. The average molecular weight is 226 g/mol. The van der Waals surface area contributed by atoms with Crippen LogP contribution in [0, 0.1) is 0 Å². The van der Waals surface area contributed by atoms with Gasteiger partial charge < -0.3 is 9.64 Å². The molecule has 0 unspecified atom stereocenters. The van der Waals surface area contributed by atoms with Crippen LogP contribution in [0.4, 0.5) is 0 Å². The fraction of sp³-hybridized carbons (Fsp3) is 1.00. The van der Waals surface area contributed by atoms with Crippen molar-refractivity contribution in [1.29, 1.82) is 0 Å². The van der Waals surface area contributed by atoms with Gasteiger partial charge in [-0.3, -0.25) is 5.32 Å². The molecule has 0 aromatic rings. The quantitative estimate of drug-likeness (QED) is 0.779. The van der Waals surface area contributed by atoms with Gasteiger partial charge in [-0.2, -0.15) is 0 Å². The van der Waals surface area contributed by atoms with Gasteiger partial charge in [0, 0.05) is 32.5 Å². The summed E-state index contributed by atoms with van der Waals surface area (Å²) < 4.78 is 6.51. The summed E-state index contributed by atoms with van der Waals surface area (Å²) in [5, 5.41) is 3.63. The van der Waals surface area contributed by atoms with E-state index < -0.39 is 0 Å². The van der Waals surface area contributed by atoms with Crippen LogP contribution in [0.5, 0.6) is 0 Å². The van der Waals surface area contributed by atoms with Crippen LogP contribution in [-0.4, -0.2) is 42.9 Å². The molecule has 94 valence electrons. The van der Waals surface area contributed by atoms with Crippen LogP contribution in [-0.2, 0) is 4.74 Å². The Hall–Kier alpha value is -0.120. The summed E-state index contributed by atoms with van der Waals surface area (Å²) in [5.41, 5.74) is 0.123. The van der Waals surface area contributed by atoms with Crippen molar-refractivity contribution in [3.63, 3.8) is 0 Å². The van der Waals surface area contributed by atoms with Crippen molar-refractivity contribution >= 4 is 0 Å². The maximum atomic E-state index is 6.51. The maximum absolute atomic E-state index is 6.51. The highest BCUT2D eigenvalue weighted by Crippen LogP contribution is 2.37. The molecule has 0 aromatic heterocycles. The number of hydrogen-bond donors (Lipinski definition) is 1. The summed E-state index contributed by atoms with van der Waals surface area (Å²) in [6.45, 7) is 7.94. The smallest absolute Gasteiger partial charge is 0.122 e. The van der Waals surface area contributed by atoms with Gasteiger partial charge in [0.25, 0.3) is 0 Å². The number of piperidine rings is 1. The Morgan fingerprint density at radius 2 is 1.75 bits per heavy atom. The molecule has 0 atom stereocenters. The largest absolute Gasteiger partial charge is 0.354 e. The molecule has 0 amide bonds. The predicted molar refractivity (Wildman–Crippen MR) is 66.5 cm³/mol. The van der Waals surface area contributed by atoms with E-state index in [9.17, 15) is 0 Å². The fourth-order valence-corrected chi connectivity index (χ4v) is 3.03. The van der Waals surface area contributed by atoms with E-state index in [0.29, 0.717) is 0 Å². The molecule has 2 saturated heterocycles. The molecule has 2 rings (SSSR count). The minimum Gasteiger partial charge on any atom is -0.354 e. The topological polar surface area (TPSA) is 24.5 Å². The summed E-state index contributed by atoms with van der Waals surface area (Å²) in [6, 6.07) is 0. The summed E-state index contributed by atoms with van der Waals surface area (Å²) in [5.74, 6) is 0. The summed E-state index contributed by atoms with van der Waals surface area (Å²) in [6.07, 6.45) is 5.71. The van der Waals surface area contributed by atoms with Crippen LogP contribution >= 0.6 is 0 Å². The Labute approximate surface area is 99.5 Å². The fourth-order valence-electron chi connectivity index (χ4n) is 3.03. The molecule has 2 fully saturated rings. The molecule has 3 nitrogen and oxygen atoms in total. The molecule has 1 N–H and O–H groups in total. The monoisotopic (exact) mass is 226 g/mol. The number of nitrogens with one attached hydrogen (secondary N) is 1. The average Bonchev–Trinajstić information content (AvgIpc) is 2.33. The van der Waals surface area contributed by atoms with Crippen LogP contribution < -0.4 is 5.32 Å². The summed E-state index contributed by atoms with van der Waals surface area (Å²) in [4.78, 5) is 2.39. The lowest BCUT2D eigenvalue weighted by molar-refractivity contribution is -0.219. The Morgan fingerprint density at radius 1 is 1.12 bits per heavy atom. The van der Waals surface area contributed by atoms with Gasteiger partial charge in [0.2, 0.25) is 0 Å². The predicted octanol–water partition coefficient (Wildman–Crippen LogP) is 1.98. The van der Waals surface area contributed by atoms with Crippen molar-refractivity contribution in [2.75, 3.05) is 26.7 Å². The zero-order chi connectivity index (χ0) is 11.6. The molecular formula is C13H26N2O. The van der Waals surface area contributed by atoms with Crippen molar-refractivity contribution < 1.29 is 4.74 Å². The van der Waals surface area contributed by atoms with E-state index in [1.807, 2.05) is 0 Å². The minimum absolute atomic E-state index is 0.0171. The Bertz CT molecular complexity index is 230. The van der Waals surface area contributed by atoms with E-state index in [-0.39, 0.29) is 11.3 Å². The van der Waals surface area contributed by atoms with Gasteiger partial charge in [-0.25, -0.2) is 0 Å². The number of nitrogens with zero attached hydrogens (tertiary/aromatic N) is 1. The lowest BCUT2D eigenvalue weighted by atomic mass is 9.87. The van der Waals surface area contributed by atoms with Crippen LogP contribution in [0.1, 0.15) is 46.0 Å². The standard InChI is InChI=1S/C13H26N2O/c1-4-12(5-2)6-9-14-13(16-12)7-10-15(3)11-8-13/h14H,4-11H2,1-3H3. The van der Waals surface area contributed by atoms with Crippen molar-refractivity contribution in [2.45, 2.75) is 57.3 Å². The van der Waals surface area contributed by atoms with Crippen LogP contribution in [0.15, 0.2) is 0 Å². The molecule has 2 heterocycles. The highest BCUT2D eigenvalue weighted by molar-refractivity contribution is 4.94. The lowest BCUT2D eigenvalue weighted by Gasteiger charge is -2.51. The van der Waals surface area contributed by atoms with Crippen molar-refractivity contribution in [2.24, 2.45) is 0 Å². The lowest BCUT2D eigenvalue weighted by Crippen LogP contribution is -2.62. The molecule has 0 radical (unpaired) electrons. The molecule has 0 saturated carbocycles. The minimum atomic E-state index is -0.0171. The Morgan fingerprint density at radius 3 is 2.31 bits per heavy atom. The van der Waals surface area contributed by atoms with E-state index >= 15 is 0 Å². The summed E-state index contributed by atoms with van der Waals surface area (Å²) >= 11 is 0. The van der Waals surface area contributed by atoms with Gasteiger partial charge in [0.05, 0.1) is 5.60 Å². The highest BCUT2D eigenvalue weighted by Gasteiger charge is 2.44. The first-order valence-corrected chi connectivity index (χ1v) is 6.77. The zero-order valence-electron chi connectivity index (χ0n) is 11.0. The third kappa shape index (κ3) is 2.27. The number of rotatable bonds is 2. The van der Waals surface area contributed by atoms with Gasteiger partial charge in [0.15, 0.2) is 0 Å². The highest BCUT2D eigenvalue weighted by atomic mass is 16.5. The van der Waals surface area contributed by atoms with E-state index in [0.717, 1.165) is 51.7 Å². The zero-order valence-corrected chi connectivity index (χ0v) is 11.0. The van der Waals surface area contributed by atoms with E-state index in [4.69, 9.17) is 4.74 Å². The molecular weight excluding hydrogens is 200 g/mol. The van der Waals surface area contributed by atoms with Crippen molar-refractivity contribution in [1.82, 2.24) is 10.2 Å². The number of ether oxygens (including phenoxy) is 1. The van der Waals surface area contributed by atoms with Crippen molar-refractivity contribution in [3.05, 3.63) is 0 Å². The van der Waals surface area contributed by atoms with Crippen LogP contribution in [0.2, 0.25) is 0 Å². The van der Waals surface area contributed by atoms with Gasteiger partial charge in [0.1, 0.15) is 5.72 Å². The molecule has 0 aromatic carbocycles. The molecule has 1 spiro atoms. The third-order valence-corrected chi connectivity index (χ3v) is 4.52. The molecule has 2 aliphatic heterocycles. The Kier molecular flexibility index (Phi) is 3.57. The molecule has 16 heavy (non-hydrogen) atoms. The second-order valence-corrected chi connectivity index (χ2v) is 5.47. The van der Waals surface area contributed by atoms with E-state index in [1.165, 1.54) is 0 Å². The molecule has 0 aliphatic carbocycles. The first kappa shape index (κ1) is 12.3. The Balaban J connectivity index is 2.05. The van der Waals surface area contributed by atoms with Gasteiger partial charge in [-0.15, -0.1) is 0 Å². The van der Waals surface area contributed by atoms with Gasteiger partial charge >= 0.3 is 0 Å². The second kappa shape index (κ2) is 4.63. The van der Waals surface area contributed by atoms with Crippen LogP contribution in [0.25, 0.3) is 0 Å². The maximum Gasteiger partial charge on any atom is 0.122 e. The van der Waals surface area contributed by atoms with Crippen LogP contribution in [0.3, 0.4) is 0 Å². The molecule has 0 bridgehead atoms. The van der Waals surface area contributed by atoms with Gasteiger partial charge in [-0.05, 0) is 26.3 Å². The summed E-state index contributed by atoms with van der Waals surface area (Å²) in [7, 11) is 2.20. The van der Waals surface area contributed by atoms with E-state index in [1.54, 1.807) is 0 Å². The van der Waals surface area contributed by atoms with Gasteiger partial charge in [-0.1, -0.05) is 13.8 Å².